The molecule has 0 spiro atoms. The minimum Gasteiger partial charge on any atom is -0.206 e. The molecule has 29 heavy (non-hydrogen) atoms. The third-order valence-electron chi connectivity index (χ3n) is 5.72. The van der Waals surface area contributed by atoms with E-state index < -0.39 is 17.8 Å². The molecule has 156 valence electrons. The van der Waals surface area contributed by atoms with Crippen molar-refractivity contribution in [3.8, 4) is 11.1 Å². The first-order valence-corrected chi connectivity index (χ1v) is 10.1. The molecule has 0 radical (unpaired) electrons. The number of rotatable bonds is 4. The van der Waals surface area contributed by atoms with E-state index in [9.17, 15) is 22.0 Å². The monoisotopic (exact) mass is 428 g/mol. The van der Waals surface area contributed by atoms with Gasteiger partial charge in [0.15, 0.2) is 0 Å². The smallest absolute Gasteiger partial charge is 0.206 e. The van der Waals surface area contributed by atoms with Crippen molar-refractivity contribution in [1.82, 2.24) is 0 Å². The van der Waals surface area contributed by atoms with Gasteiger partial charge in [0.2, 0.25) is 0 Å². The van der Waals surface area contributed by atoms with Crippen LogP contribution in [0.15, 0.2) is 36.4 Å². The Morgan fingerprint density at radius 1 is 1.00 bits per heavy atom. The second-order valence-corrected chi connectivity index (χ2v) is 8.00. The molecule has 1 aliphatic rings. The minimum absolute atomic E-state index is 0.0837. The number of hydrogen-bond acceptors (Lipinski definition) is 0. The Kier molecular flexibility index (Phi) is 6.67. The average molecular weight is 429 g/mol. The van der Waals surface area contributed by atoms with Crippen LogP contribution in [-0.4, -0.2) is 6.18 Å². The maximum absolute atomic E-state index is 14.8. The molecule has 0 nitrogen and oxygen atoms in total. The van der Waals surface area contributed by atoms with Gasteiger partial charge in [0.25, 0.3) is 0 Å². The Morgan fingerprint density at radius 2 is 1.69 bits per heavy atom. The number of halogens is 6. The molecule has 0 heterocycles. The molecule has 0 saturated heterocycles. The summed E-state index contributed by atoms with van der Waals surface area (Å²) in [7, 11) is 0. The Bertz CT molecular complexity index is 870. The third kappa shape index (κ3) is 5.39. The zero-order valence-corrected chi connectivity index (χ0v) is 16.8. The summed E-state index contributed by atoms with van der Waals surface area (Å²) in [4.78, 5) is 0. The van der Waals surface area contributed by atoms with E-state index in [1.807, 2.05) is 6.07 Å². The topological polar surface area (TPSA) is 0 Å². The normalized spacial score (nSPS) is 20.4. The fourth-order valence-electron chi connectivity index (χ4n) is 4.00. The fourth-order valence-corrected chi connectivity index (χ4v) is 4.27. The summed E-state index contributed by atoms with van der Waals surface area (Å²) in [5.74, 6) is -0.370. The molecule has 2 aromatic carbocycles. The first-order chi connectivity index (χ1) is 13.7. The van der Waals surface area contributed by atoms with Gasteiger partial charge in [0, 0.05) is 17.2 Å². The first kappa shape index (κ1) is 21.8. The largest absolute Gasteiger partial charge is 0.409 e. The highest BCUT2D eigenvalue weighted by Gasteiger charge is 2.24. The lowest BCUT2D eigenvalue weighted by molar-refractivity contribution is -0.0790. The summed E-state index contributed by atoms with van der Waals surface area (Å²) in [6.45, 7) is 2.19. The molecule has 3 rings (SSSR count). The van der Waals surface area contributed by atoms with Gasteiger partial charge in [-0.1, -0.05) is 37.1 Å². The zero-order valence-electron chi connectivity index (χ0n) is 16.0. The first-order valence-electron chi connectivity index (χ1n) is 9.72. The van der Waals surface area contributed by atoms with Gasteiger partial charge in [0.05, 0.1) is 5.02 Å². The number of allylic oxidation sites excluding steroid dienone is 1. The van der Waals surface area contributed by atoms with E-state index in [0.29, 0.717) is 12.0 Å². The van der Waals surface area contributed by atoms with E-state index in [1.165, 1.54) is 18.6 Å². The molecule has 6 heteroatoms. The van der Waals surface area contributed by atoms with E-state index in [-0.39, 0.29) is 27.8 Å². The summed E-state index contributed by atoms with van der Waals surface area (Å²) in [6, 6.07) is 7.21. The third-order valence-corrected chi connectivity index (χ3v) is 6.03. The molecule has 0 amide bonds. The summed E-state index contributed by atoms with van der Waals surface area (Å²) < 4.78 is 66.1. The Hall–Kier alpha value is -1.88. The molecule has 1 aliphatic carbocycles. The number of benzene rings is 2. The van der Waals surface area contributed by atoms with Gasteiger partial charge >= 0.3 is 6.18 Å². The van der Waals surface area contributed by atoms with E-state index >= 15 is 0 Å². The lowest BCUT2D eigenvalue weighted by Crippen LogP contribution is -2.12. The van der Waals surface area contributed by atoms with Crippen molar-refractivity contribution in [2.75, 3.05) is 0 Å². The lowest BCUT2D eigenvalue weighted by Gasteiger charge is -2.28. The Labute approximate surface area is 172 Å². The molecule has 1 fully saturated rings. The number of hydrogen-bond donors (Lipinski definition) is 0. The molecule has 0 aliphatic heterocycles. The van der Waals surface area contributed by atoms with Crippen LogP contribution in [0.25, 0.3) is 17.2 Å². The summed E-state index contributed by atoms with van der Waals surface area (Å²) in [5.41, 5.74) is 0.910. The van der Waals surface area contributed by atoms with Crippen molar-refractivity contribution in [2.45, 2.75) is 51.1 Å². The molecule has 1 saturated carbocycles. The maximum Gasteiger partial charge on any atom is 0.409 e. The van der Waals surface area contributed by atoms with Gasteiger partial charge in [-0.3, -0.25) is 0 Å². The van der Waals surface area contributed by atoms with Crippen molar-refractivity contribution in [2.24, 2.45) is 5.92 Å². The average Bonchev–Trinajstić information content (AvgIpc) is 2.66. The van der Waals surface area contributed by atoms with Crippen LogP contribution in [0, 0.1) is 17.6 Å². The predicted octanol–water partition coefficient (Wildman–Crippen LogP) is 8.54. The predicted molar refractivity (Wildman–Crippen MR) is 107 cm³/mol. The van der Waals surface area contributed by atoms with Crippen LogP contribution in [0.2, 0.25) is 5.02 Å². The van der Waals surface area contributed by atoms with E-state index in [4.69, 9.17) is 11.6 Å². The standard InChI is InChI=1S/C23H22ClF5/c1-2-14-3-5-15(6-4-14)16-7-8-18(21(25)12-16)17-11-20(24)19(22(26)13-17)9-10-23(27,28)29/h7-15H,2-6H2,1H3/b10-9+. The van der Waals surface area contributed by atoms with Gasteiger partial charge < -0.3 is 0 Å². The highest BCUT2D eigenvalue weighted by Crippen LogP contribution is 2.38. The van der Waals surface area contributed by atoms with Gasteiger partial charge in [-0.15, -0.1) is 0 Å². The van der Waals surface area contributed by atoms with E-state index in [1.54, 1.807) is 6.07 Å². The fraction of sp³-hybridized carbons (Fsp3) is 0.391. The van der Waals surface area contributed by atoms with Gasteiger partial charge in [-0.05, 0) is 72.9 Å². The lowest BCUT2D eigenvalue weighted by atomic mass is 9.77. The zero-order chi connectivity index (χ0) is 21.2. The van der Waals surface area contributed by atoms with E-state index in [2.05, 4.69) is 6.92 Å². The second-order valence-electron chi connectivity index (χ2n) is 7.59. The Morgan fingerprint density at radius 3 is 2.24 bits per heavy atom. The molecular weight excluding hydrogens is 407 g/mol. The maximum atomic E-state index is 14.8. The molecule has 0 aromatic heterocycles. The van der Waals surface area contributed by atoms with Gasteiger partial charge in [-0.2, -0.15) is 13.2 Å². The molecule has 0 unspecified atom stereocenters. The highest BCUT2D eigenvalue weighted by molar-refractivity contribution is 6.32. The number of alkyl halides is 3. The Balaban J connectivity index is 1.85. The van der Waals surface area contributed by atoms with Crippen LogP contribution in [0.4, 0.5) is 22.0 Å². The van der Waals surface area contributed by atoms with Crippen LogP contribution >= 0.6 is 11.6 Å². The van der Waals surface area contributed by atoms with Gasteiger partial charge in [-0.25, -0.2) is 8.78 Å². The van der Waals surface area contributed by atoms with Crippen molar-refractivity contribution in [3.05, 3.63) is 64.2 Å². The van der Waals surface area contributed by atoms with Crippen molar-refractivity contribution < 1.29 is 22.0 Å². The van der Waals surface area contributed by atoms with Crippen molar-refractivity contribution >= 4 is 17.7 Å². The molecular formula is C23H22ClF5. The van der Waals surface area contributed by atoms with E-state index in [0.717, 1.165) is 43.2 Å². The quantitative estimate of drug-likeness (QED) is 0.428. The summed E-state index contributed by atoms with van der Waals surface area (Å²) in [5, 5.41) is -0.207. The van der Waals surface area contributed by atoms with Crippen LogP contribution in [0.5, 0.6) is 0 Å². The van der Waals surface area contributed by atoms with Crippen molar-refractivity contribution in [1.29, 1.82) is 0 Å². The molecule has 0 N–H and O–H groups in total. The van der Waals surface area contributed by atoms with Crippen LogP contribution in [0.1, 0.15) is 56.1 Å². The molecule has 2 aromatic rings. The summed E-state index contributed by atoms with van der Waals surface area (Å²) in [6.07, 6.45) is 1.41. The van der Waals surface area contributed by atoms with Crippen LogP contribution < -0.4 is 0 Å². The summed E-state index contributed by atoms with van der Waals surface area (Å²) >= 11 is 5.97. The van der Waals surface area contributed by atoms with Crippen LogP contribution in [0.3, 0.4) is 0 Å². The second kappa shape index (κ2) is 8.86. The SMILES string of the molecule is CCC1CCC(c2ccc(-c3cc(F)c(/C=C/C(F)(F)F)c(Cl)c3)c(F)c2)CC1. The highest BCUT2D eigenvalue weighted by atomic mass is 35.5. The van der Waals surface area contributed by atoms with Gasteiger partial charge in [0.1, 0.15) is 11.6 Å². The molecule has 0 atom stereocenters. The van der Waals surface area contributed by atoms with Crippen LogP contribution in [-0.2, 0) is 0 Å². The van der Waals surface area contributed by atoms with Crippen molar-refractivity contribution in [3.63, 3.8) is 0 Å². The molecule has 0 bridgehead atoms. The minimum atomic E-state index is -4.58.